The SMILES string of the molecule is CC(=O)OCc1cc(B2OC(C)(C)C(C)(C)O2)cnc1N(C(C)=O)C(C)=O. The van der Waals surface area contributed by atoms with Crippen LogP contribution < -0.4 is 10.4 Å². The Balaban J connectivity index is 2.45. The van der Waals surface area contributed by atoms with Crippen molar-refractivity contribution in [3.05, 3.63) is 17.8 Å². The molecule has 8 nitrogen and oxygen atoms in total. The molecule has 146 valence electrons. The van der Waals surface area contributed by atoms with E-state index in [9.17, 15) is 14.4 Å². The number of aromatic nitrogens is 1. The molecule has 0 atom stereocenters. The lowest BCUT2D eigenvalue weighted by atomic mass is 9.79. The number of carbonyl (C=O) groups excluding carboxylic acids is 3. The Morgan fingerprint density at radius 2 is 1.59 bits per heavy atom. The molecule has 1 saturated heterocycles. The van der Waals surface area contributed by atoms with Gasteiger partial charge in [0.15, 0.2) is 0 Å². The molecule has 1 aromatic heterocycles. The van der Waals surface area contributed by atoms with Gasteiger partial charge in [-0.1, -0.05) is 6.07 Å². The van der Waals surface area contributed by atoms with Gasteiger partial charge >= 0.3 is 13.1 Å². The fourth-order valence-electron chi connectivity index (χ4n) is 2.64. The molecule has 0 N–H and O–H groups in total. The monoisotopic (exact) mass is 376 g/mol. The molecular formula is C18H25BN2O6. The van der Waals surface area contributed by atoms with Gasteiger partial charge in [-0.05, 0) is 27.7 Å². The molecule has 2 rings (SSSR count). The zero-order valence-corrected chi connectivity index (χ0v) is 16.8. The van der Waals surface area contributed by atoms with E-state index in [-0.39, 0.29) is 12.4 Å². The third kappa shape index (κ3) is 4.36. The van der Waals surface area contributed by atoms with Gasteiger partial charge < -0.3 is 14.0 Å². The molecule has 1 aromatic rings. The second-order valence-electron chi connectivity index (χ2n) is 7.49. The first kappa shape index (κ1) is 21.0. The van der Waals surface area contributed by atoms with Crippen LogP contribution in [0.5, 0.6) is 0 Å². The van der Waals surface area contributed by atoms with Crippen LogP contribution in [-0.2, 0) is 35.0 Å². The minimum atomic E-state index is -0.671. The molecule has 2 amide bonds. The molecule has 2 heterocycles. The van der Waals surface area contributed by atoms with E-state index in [0.717, 1.165) is 4.90 Å². The van der Waals surface area contributed by atoms with Crippen LogP contribution in [0.1, 0.15) is 54.0 Å². The summed E-state index contributed by atoms with van der Waals surface area (Å²) in [7, 11) is -0.671. The number of hydrogen-bond acceptors (Lipinski definition) is 7. The van der Waals surface area contributed by atoms with Crippen LogP contribution in [0.25, 0.3) is 0 Å². The summed E-state index contributed by atoms with van der Waals surface area (Å²) in [4.78, 5) is 40.2. The lowest BCUT2D eigenvalue weighted by molar-refractivity contribution is -0.142. The fourth-order valence-corrected chi connectivity index (χ4v) is 2.64. The number of nitrogens with zero attached hydrogens (tertiary/aromatic N) is 2. The zero-order valence-electron chi connectivity index (χ0n) is 16.8. The molecule has 0 spiro atoms. The van der Waals surface area contributed by atoms with Crippen LogP contribution in [0.15, 0.2) is 12.3 Å². The van der Waals surface area contributed by atoms with Crippen molar-refractivity contribution >= 4 is 36.2 Å². The number of ether oxygens (including phenoxy) is 1. The number of anilines is 1. The Morgan fingerprint density at radius 3 is 2.04 bits per heavy atom. The van der Waals surface area contributed by atoms with Gasteiger partial charge in [0.05, 0.1) is 11.2 Å². The highest BCUT2D eigenvalue weighted by atomic mass is 16.7. The normalized spacial score (nSPS) is 17.5. The average molecular weight is 376 g/mol. The lowest BCUT2D eigenvalue weighted by Gasteiger charge is -2.32. The van der Waals surface area contributed by atoms with Gasteiger partial charge in [0.1, 0.15) is 12.4 Å². The summed E-state index contributed by atoms with van der Waals surface area (Å²) in [5.41, 5.74) is -0.0524. The van der Waals surface area contributed by atoms with Crippen molar-refractivity contribution < 1.29 is 28.4 Å². The largest absolute Gasteiger partial charge is 0.496 e. The van der Waals surface area contributed by atoms with Gasteiger partial charge in [0.2, 0.25) is 11.8 Å². The van der Waals surface area contributed by atoms with E-state index in [1.54, 1.807) is 6.07 Å². The number of imide groups is 1. The van der Waals surface area contributed by atoms with E-state index >= 15 is 0 Å². The molecule has 1 fully saturated rings. The van der Waals surface area contributed by atoms with Gasteiger partial charge in [-0.15, -0.1) is 0 Å². The Kier molecular flexibility index (Phi) is 5.77. The molecule has 0 aliphatic carbocycles. The highest BCUT2D eigenvalue weighted by Gasteiger charge is 2.52. The molecule has 0 radical (unpaired) electrons. The zero-order chi connectivity index (χ0) is 20.6. The van der Waals surface area contributed by atoms with Crippen LogP contribution in [0.4, 0.5) is 5.82 Å². The Morgan fingerprint density at radius 1 is 1.07 bits per heavy atom. The first-order valence-electron chi connectivity index (χ1n) is 8.65. The van der Waals surface area contributed by atoms with Gasteiger partial charge in [-0.2, -0.15) is 0 Å². The van der Waals surface area contributed by atoms with Crippen molar-refractivity contribution in [1.82, 2.24) is 4.98 Å². The number of esters is 1. The highest BCUT2D eigenvalue weighted by Crippen LogP contribution is 2.36. The summed E-state index contributed by atoms with van der Waals surface area (Å²) in [5, 5.41) is 0. The molecule has 0 aromatic carbocycles. The maximum absolute atomic E-state index is 11.9. The lowest BCUT2D eigenvalue weighted by Crippen LogP contribution is -2.41. The van der Waals surface area contributed by atoms with Crippen molar-refractivity contribution in [3.8, 4) is 0 Å². The van der Waals surface area contributed by atoms with Crippen molar-refractivity contribution in [2.75, 3.05) is 4.90 Å². The Hall–Kier alpha value is -2.26. The van der Waals surface area contributed by atoms with Crippen LogP contribution >= 0.6 is 0 Å². The Labute approximate surface area is 159 Å². The molecule has 0 saturated carbocycles. The van der Waals surface area contributed by atoms with E-state index in [1.807, 2.05) is 27.7 Å². The summed E-state index contributed by atoms with van der Waals surface area (Å²) >= 11 is 0. The number of carbonyl (C=O) groups is 3. The van der Waals surface area contributed by atoms with Gasteiger partial charge in [0, 0.05) is 38.0 Å². The van der Waals surface area contributed by atoms with Gasteiger partial charge in [-0.25, -0.2) is 9.88 Å². The van der Waals surface area contributed by atoms with E-state index < -0.39 is 36.1 Å². The predicted octanol–water partition coefficient (Wildman–Crippen LogP) is 1.34. The fraction of sp³-hybridized carbons (Fsp3) is 0.556. The molecule has 0 unspecified atom stereocenters. The van der Waals surface area contributed by atoms with Crippen molar-refractivity contribution in [3.63, 3.8) is 0 Å². The third-order valence-corrected chi connectivity index (χ3v) is 4.76. The van der Waals surface area contributed by atoms with E-state index in [4.69, 9.17) is 14.0 Å². The molecule has 27 heavy (non-hydrogen) atoms. The Bertz CT molecular complexity index is 747. The summed E-state index contributed by atoms with van der Waals surface area (Å²) in [6.07, 6.45) is 1.49. The minimum absolute atomic E-state index is 0.122. The quantitative estimate of drug-likeness (QED) is 0.578. The van der Waals surface area contributed by atoms with Gasteiger partial charge in [-0.3, -0.25) is 14.4 Å². The van der Waals surface area contributed by atoms with Crippen LogP contribution in [0.3, 0.4) is 0 Å². The minimum Gasteiger partial charge on any atom is -0.461 e. The third-order valence-electron chi connectivity index (χ3n) is 4.76. The molecule has 1 aliphatic heterocycles. The van der Waals surface area contributed by atoms with Crippen molar-refractivity contribution in [2.45, 2.75) is 66.3 Å². The van der Waals surface area contributed by atoms with E-state index in [2.05, 4.69) is 4.98 Å². The standard InChI is InChI=1S/C18H25BN2O6/c1-11(22)21(12(2)23)16-14(10-25-13(3)24)8-15(9-20-16)19-26-17(4,5)18(6,7)27-19/h8-9H,10H2,1-7H3. The summed E-state index contributed by atoms with van der Waals surface area (Å²) in [6.45, 7) is 11.4. The van der Waals surface area contributed by atoms with Crippen LogP contribution in [-0.4, -0.2) is 41.1 Å². The van der Waals surface area contributed by atoms with E-state index in [0.29, 0.717) is 11.0 Å². The van der Waals surface area contributed by atoms with Crippen LogP contribution in [0, 0.1) is 0 Å². The summed E-state index contributed by atoms with van der Waals surface area (Å²) in [5.74, 6) is -1.33. The smallest absolute Gasteiger partial charge is 0.461 e. The number of amides is 2. The maximum atomic E-state index is 11.9. The number of pyridine rings is 1. The first-order chi connectivity index (χ1) is 12.4. The highest BCUT2D eigenvalue weighted by molar-refractivity contribution is 6.62. The van der Waals surface area contributed by atoms with Crippen LogP contribution in [0.2, 0.25) is 0 Å². The average Bonchev–Trinajstić information content (AvgIpc) is 2.73. The van der Waals surface area contributed by atoms with E-state index in [1.165, 1.54) is 27.0 Å². The maximum Gasteiger partial charge on any atom is 0.496 e. The molecule has 1 aliphatic rings. The second-order valence-corrected chi connectivity index (χ2v) is 7.49. The molecule has 9 heteroatoms. The predicted molar refractivity (Wildman–Crippen MR) is 99.3 cm³/mol. The molecular weight excluding hydrogens is 351 g/mol. The topological polar surface area (TPSA) is 95.0 Å². The number of hydrogen-bond donors (Lipinski definition) is 0. The molecule has 0 bridgehead atoms. The van der Waals surface area contributed by atoms with Crippen molar-refractivity contribution in [1.29, 1.82) is 0 Å². The summed E-state index contributed by atoms with van der Waals surface area (Å²) in [6, 6.07) is 1.67. The first-order valence-corrected chi connectivity index (χ1v) is 8.65. The summed E-state index contributed by atoms with van der Waals surface area (Å²) < 4.78 is 17.1. The second kappa shape index (κ2) is 7.40. The van der Waals surface area contributed by atoms with Crippen molar-refractivity contribution in [2.24, 2.45) is 0 Å². The van der Waals surface area contributed by atoms with Gasteiger partial charge in [0.25, 0.3) is 0 Å². The number of rotatable bonds is 4.